The highest BCUT2D eigenvalue weighted by Crippen LogP contribution is 2.37. The van der Waals surface area contributed by atoms with Gasteiger partial charge in [-0.25, -0.2) is 9.37 Å². The van der Waals surface area contributed by atoms with Crippen LogP contribution >= 0.6 is 0 Å². The summed E-state index contributed by atoms with van der Waals surface area (Å²) in [7, 11) is 0. The molecular weight excluding hydrogens is 690 g/mol. The first-order valence-corrected chi connectivity index (χ1v) is 18.9. The normalized spacial score (nSPS) is 14.3. The van der Waals surface area contributed by atoms with Crippen LogP contribution in [0, 0.1) is 5.82 Å². The second-order valence-electron chi connectivity index (χ2n) is 14.4. The number of benzene rings is 5. The van der Waals surface area contributed by atoms with Crippen molar-refractivity contribution in [3.63, 3.8) is 0 Å². The Hall–Kier alpha value is -6.06. The van der Waals surface area contributed by atoms with Gasteiger partial charge < -0.3 is 14.0 Å². The van der Waals surface area contributed by atoms with E-state index in [0.29, 0.717) is 32.5 Å². The molecule has 0 radical (unpaired) electrons. The van der Waals surface area contributed by atoms with Crippen molar-refractivity contribution in [1.82, 2.24) is 24.6 Å². The first-order chi connectivity index (χ1) is 26.9. The lowest BCUT2D eigenvalue weighted by atomic mass is 9.96. The number of halogens is 1. The Bertz CT molecular complexity index is 2430. The lowest BCUT2D eigenvalue weighted by molar-refractivity contribution is -0.153. The van der Waals surface area contributed by atoms with E-state index in [0.717, 1.165) is 67.2 Å². The van der Waals surface area contributed by atoms with Gasteiger partial charge in [0.1, 0.15) is 24.9 Å². The zero-order valence-corrected chi connectivity index (χ0v) is 31.3. The van der Waals surface area contributed by atoms with E-state index in [9.17, 15) is 4.79 Å². The van der Waals surface area contributed by atoms with Crippen molar-refractivity contribution in [2.24, 2.45) is 0 Å². The predicted octanol–water partition coefficient (Wildman–Crippen LogP) is 9.30. The summed E-state index contributed by atoms with van der Waals surface area (Å²) in [6.07, 6.45) is 1.17. The fraction of sp³-hybridized carbons (Fsp3) is 0.239. The third-order valence-electron chi connectivity index (χ3n) is 10.5. The molecule has 7 aromatic rings. The predicted molar refractivity (Wildman–Crippen MR) is 213 cm³/mol. The Morgan fingerprint density at radius 2 is 1.55 bits per heavy atom. The molecule has 0 fully saturated rings. The fourth-order valence-electron chi connectivity index (χ4n) is 7.54. The summed E-state index contributed by atoms with van der Waals surface area (Å²) in [6.45, 7) is 7.86. The number of carbonyl (C=O) groups excluding carboxylic acids is 1. The first kappa shape index (κ1) is 35.9. The lowest BCUT2D eigenvalue weighted by Gasteiger charge is -2.36. The number of fused-ring (bicyclic) bond motifs is 2. The van der Waals surface area contributed by atoms with E-state index in [1.165, 1.54) is 0 Å². The molecule has 9 heteroatoms. The maximum atomic E-state index is 15.5. The van der Waals surface area contributed by atoms with Crippen LogP contribution in [0.3, 0.4) is 0 Å². The third kappa shape index (κ3) is 7.53. The number of H-pyrrole nitrogens is 1. The van der Waals surface area contributed by atoms with Gasteiger partial charge in [0, 0.05) is 36.6 Å². The van der Waals surface area contributed by atoms with Gasteiger partial charge in [0.25, 0.3) is 0 Å². The minimum absolute atomic E-state index is 0.0946. The Morgan fingerprint density at radius 1 is 0.873 bits per heavy atom. The lowest BCUT2D eigenvalue weighted by Crippen LogP contribution is -2.49. The Kier molecular flexibility index (Phi) is 10.3. The summed E-state index contributed by atoms with van der Waals surface area (Å²) in [4.78, 5) is 21.2. The number of aromatic nitrogens is 4. The van der Waals surface area contributed by atoms with E-state index in [2.05, 4.69) is 47.5 Å². The summed E-state index contributed by atoms with van der Waals surface area (Å²) in [5.41, 5.74) is 9.19. The van der Waals surface area contributed by atoms with Crippen molar-refractivity contribution in [2.45, 2.75) is 72.0 Å². The minimum Gasteiger partial charge on any atom is -0.486 e. The SMILES string of the molecule is CCc1cc(OCc2ccccc2)c(F)cc1-c1ccc2c(-c3nc4c(n3Cc3ccccc3)C[C@@H](C(=O)OCc3ccccc3)N(C(C)C)C4)n[nH]c2c1. The maximum Gasteiger partial charge on any atom is 0.324 e. The molecule has 0 bridgehead atoms. The fourth-order valence-corrected chi connectivity index (χ4v) is 7.54. The average molecular weight is 734 g/mol. The van der Waals surface area contributed by atoms with Crippen LogP contribution in [0.25, 0.3) is 33.5 Å². The molecule has 0 aliphatic carbocycles. The van der Waals surface area contributed by atoms with Crippen LogP contribution in [-0.2, 0) is 48.7 Å². The van der Waals surface area contributed by atoms with Gasteiger partial charge in [0.15, 0.2) is 17.4 Å². The molecule has 0 amide bonds. The molecule has 1 N–H and O–H groups in total. The number of nitrogens with zero attached hydrogens (tertiary/aromatic N) is 4. The number of hydrogen-bond acceptors (Lipinski definition) is 6. The van der Waals surface area contributed by atoms with E-state index < -0.39 is 11.9 Å². The zero-order valence-electron chi connectivity index (χ0n) is 31.3. The quantitative estimate of drug-likeness (QED) is 0.126. The van der Waals surface area contributed by atoms with Gasteiger partial charge in [-0.05, 0) is 77.9 Å². The van der Waals surface area contributed by atoms with Gasteiger partial charge in [0.2, 0.25) is 0 Å². The molecule has 5 aromatic carbocycles. The molecule has 3 heterocycles. The zero-order chi connectivity index (χ0) is 37.9. The van der Waals surface area contributed by atoms with Crippen LogP contribution in [0.2, 0.25) is 0 Å². The molecule has 8 nitrogen and oxygen atoms in total. The highest BCUT2D eigenvalue weighted by Gasteiger charge is 2.38. The Labute approximate surface area is 320 Å². The summed E-state index contributed by atoms with van der Waals surface area (Å²) >= 11 is 0. The van der Waals surface area contributed by atoms with Crippen molar-refractivity contribution in [1.29, 1.82) is 0 Å². The molecule has 55 heavy (non-hydrogen) atoms. The number of imidazole rings is 1. The molecular formula is C46H44FN5O3. The Morgan fingerprint density at radius 3 is 2.22 bits per heavy atom. The van der Waals surface area contributed by atoms with E-state index in [1.807, 2.05) is 103 Å². The van der Waals surface area contributed by atoms with Crippen LogP contribution in [0.4, 0.5) is 4.39 Å². The van der Waals surface area contributed by atoms with E-state index in [-0.39, 0.29) is 24.4 Å². The number of hydrogen-bond donors (Lipinski definition) is 1. The van der Waals surface area contributed by atoms with Gasteiger partial charge >= 0.3 is 5.97 Å². The van der Waals surface area contributed by atoms with E-state index in [4.69, 9.17) is 19.6 Å². The second-order valence-corrected chi connectivity index (χ2v) is 14.4. The van der Waals surface area contributed by atoms with Gasteiger partial charge in [-0.2, -0.15) is 5.10 Å². The van der Waals surface area contributed by atoms with Crippen LogP contribution in [0.1, 0.15) is 54.4 Å². The third-order valence-corrected chi connectivity index (χ3v) is 10.5. The van der Waals surface area contributed by atoms with E-state index in [1.54, 1.807) is 6.07 Å². The van der Waals surface area contributed by atoms with Gasteiger partial charge in [-0.3, -0.25) is 14.8 Å². The molecule has 8 rings (SSSR count). The maximum absolute atomic E-state index is 15.5. The minimum atomic E-state index is -0.461. The second kappa shape index (κ2) is 15.7. The highest BCUT2D eigenvalue weighted by molar-refractivity contribution is 5.94. The summed E-state index contributed by atoms with van der Waals surface area (Å²) < 4.78 is 29.5. The topological polar surface area (TPSA) is 85.3 Å². The van der Waals surface area contributed by atoms with Gasteiger partial charge in [-0.15, -0.1) is 0 Å². The molecule has 1 aliphatic rings. The number of esters is 1. The Balaban J connectivity index is 1.13. The number of ether oxygens (including phenoxy) is 2. The molecule has 2 aromatic heterocycles. The number of carbonyl (C=O) groups is 1. The number of aryl methyl sites for hydroxylation is 1. The van der Waals surface area contributed by atoms with Gasteiger partial charge in [-0.1, -0.05) is 104 Å². The number of rotatable bonds is 12. The smallest absolute Gasteiger partial charge is 0.324 e. The number of nitrogens with one attached hydrogen (secondary N) is 1. The van der Waals surface area contributed by atoms with Crippen molar-refractivity contribution >= 4 is 16.9 Å². The average Bonchev–Trinajstić information content (AvgIpc) is 3.80. The molecule has 278 valence electrons. The van der Waals surface area contributed by atoms with Crippen molar-refractivity contribution < 1.29 is 18.7 Å². The van der Waals surface area contributed by atoms with Crippen molar-refractivity contribution in [3.05, 3.63) is 161 Å². The van der Waals surface area contributed by atoms with Crippen molar-refractivity contribution in [3.8, 4) is 28.4 Å². The highest BCUT2D eigenvalue weighted by atomic mass is 19.1. The molecule has 0 unspecified atom stereocenters. The summed E-state index contributed by atoms with van der Waals surface area (Å²) in [5, 5.41) is 8.99. The largest absolute Gasteiger partial charge is 0.486 e. The van der Waals surface area contributed by atoms with Crippen LogP contribution in [0.15, 0.2) is 121 Å². The summed E-state index contributed by atoms with van der Waals surface area (Å²) in [6, 6.07) is 38.9. The number of aromatic amines is 1. The summed E-state index contributed by atoms with van der Waals surface area (Å²) in [5.74, 6) is 0.328. The van der Waals surface area contributed by atoms with Crippen LogP contribution < -0.4 is 4.74 Å². The van der Waals surface area contributed by atoms with Gasteiger partial charge in [0.05, 0.1) is 11.2 Å². The van der Waals surface area contributed by atoms with Crippen molar-refractivity contribution in [2.75, 3.05) is 0 Å². The molecule has 0 saturated heterocycles. The monoisotopic (exact) mass is 733 g/mol. The molecule has 0 saturated carbocycles. The molecule has 1 atom stereocenters. The van der Waals surface area contributed by atoms with E-state index >= 15 is 4.39 Å². The first-order valence-electron chi connectivity index (χ1n) is 18.9. The van der Waals surface area contributed by atoms with Crippen LogP contribution in [0.5, 0.6) is 5.75 Å². The molecule has 1 aliphatic heterocycles. The standard InChI is InChI=1S/C46H44FN5O3/c1-4-34-23-43(54-28-32-16-10-6-11-17-32)38(47)24-37(34)35-20-21-36-39(22-35)49-50-44(36)45-48-40-27-51(30(2)3)42(46(53)55-29-33-18-12-7-13-19-33)25-41(40)52(45)26-31-14-8-5-9-15-31/h5-24,30,42H,4,25-29H2,1-3H3,(H,49,50)/t42-/m0/s1. The van der Waals surface area contributed by atoms with Crippen LogP contribution in [-0.4, -0.2) is 42.7 Å². The molecule has 0 spiro atoms.